The maximum Gasteiger partial charge on any atom is 0.293 e. The Hall–Kier alpha value is -3.18. The van der Waals surface area contributed by atoms with Gasteiger partial charge in [0.05, 0.1) is 12.6 Å². The monoisotopic (exact) mass is 513 g/mol. The van der Waals surface area contributed by atoms with Crippen molar-refractivity contribution in [1.82, 2.24) is 19.9 Å². The summed E-state index contributed by atoms with van der Waals surface area (Å²) in [5.41, 5.74) is -0.416. The van der Waals surface area contributed by atoms with Crippen molar-refractivity contribution in [3.05, 3.63) is 36.3 Å². The molecular weight excluding hydrogens is 480 g/mol. The van der Waals surface area contributed by atoms with E-state index in [0.29, 0.717) is 31.3 Å². The van der Waals surface area contributed by atoms with Crippen LogP contribution in [-0.2, 0) is 4.74 Å². The van der Waals surface area contributed by atoms with Crippen LogP contribution >= 0.6 is 0 Å². The van der Waals surface area contributed by atoms with Gasteiger partial charge in [0.1, 0.15) is 23.1 Å². The fourth-order valence-electron chi connectivity index (χ4n) is 4.94. The Kier molecular flexibility index (Phi) is 6.61. The molecule has 0 spiro atoms. The van der Waals surface area contributed by atoms with Crippen molar-refractivity contribution in [2.24, 2.45) is 0 Å². The van der Waals surface area contributed by atoms with E-state index in [1.807, 2.05) is 17.2 Å². The van der Waals surface area contributed by atoms with Gasteiger partial charge in [-0.2, -0.15) is 4.98 Å². The normalized spacial score (nSPS) is 21.9. The fraction of sp³-hybridized carbons (Fsp3) is 0.538. The first kappa shape index (κ1) is 25.5. The summed E-state index contributed by atoms with van der Waals surface area (Å²) in [6.07, 6.45) is 5.04. The van der Waals surface area contributed by atoms with Crippen LogP contribution in [0.4, 0.5) is 32.2 Å². The van der Waals surface area contributed by atoms with Crippen LogP contribution in [0.25, 0.3) is 10.8 Å². The average molecular weight is 514 g/mol. The van der Waals surface area contributed by atoms with Gasteiger partial charge in [-0.1, -0.05) is 13.8 Å². The molecule has 11 heteroatoms. The van der Waals surface area contributed by atoms with E-state index in [4.69, 9.17) is 4.74 Å². The van der Waals surface area contributed by atoms with Crippen LogP contribution in [0.1, 0.15) is 45.6 Å². The molecule has 5 rings (SSSR count). The van der Waals surface area contributed by atoms with Crippen LogP contribution in [0.3, 0.4) is 0 Å². The summed E-state index contributed by atoms with van der Waals surface area (Å²) in [4.78, 5) is 21.5. The quantitative estimate of drug-likeness (QED) is 0.484. The number of hydrogen-bond donors (Lipinski definition) is 2. The van der Waals surface area contributed by atoms with E-state index in [0.717, 1.165) is 22.2 Å². The highest BCUT2D eigenvalue weighted by Gasteiger charge is 2.55. The molecule has 2 aliphatic rings. The first-order valence-corrected chi connectivity index (χ1v) is 12.7. The van der Waals surface area contributed by atoms with E-state index < -0.39 is 18.1 Å². The standard InChI is InChI=1S/C26H33F2N7O2/c1-5-37-25(4)7-9-34(15-26(25,27)28)24-29-8-6-21(33-24)32-22-10-18-19(16(2)3)11-31-23(20(18)12-30-22)35-13-17(36)14-35/h6,8,10-12,16-17,36H,5,7,9,13-15H2,1-4H3,(H,29,30,32,33)/t25-/m0/s1. The maximum atomic E-state index is 14.9. The van der Waals surface area contributed by atoms with E-state index >= 15 is 0 Å². The lowest BCUT2D eigenvalue weighted by Crippen LogP contribution is -2.60. The molecule has 198 valence electrons. The SMILES string of the molecule is CCO[C@@]1(C)CCN(c2nccc(Nc3cc4c(C(C)C)cnc(N5CC(O)C5)c4cn3)n2)CC1(F)F. The highest BCUT2D eigenvalue weighted by molar-refractivity contribution is 5.96. The number of ether oxygens (including phenoxy) is 1. The number of pyridine rings is 2. The molecule has 1 atom stereocenters. The molecule has 0 amide bonds. The summed E-state index contributed by atoms with van der Waals surface area (Å²) in [6.45, 7) is 8.59. The molecule has 2 aliphatic heterocycles. The Bertz CT molecular complexity index is 1290. The lowest BCUT2D eigenvalue weighted by Gasteiger charge is -2.45. The topological polar surface area (TPSA) is 99.5 Å². The van der Waals surface area contributed by atoms with E-state index in [1.54, 1.807) is 25.4 Å². The molecule has 0 aliphatic carbocycles. The smallest absolute Gasteiger partial charge is 0.293 e. The molecule has 3 aromatic heterocycles. The highest BCUT2D eigenvalue weighted by Crippen LogP contribution is 2.40. The number of fused-ring (bicyclic) bond motifs is 1. The molecule has 0 unspecified atom stereocenters. The first-order chi connectivity index (χ1) is 17.6. The van der Waals surface area contributed by atoms with Crippen LogP contribution in [0.15, 0.2) is 30.7 Å². The molecule has 9 nitrogen and oxygen atoms in total. The van der Waals surface area contributed by atoms with E-state index in [-0.39, 0.29) is 31.0 Å². The van der Waals surface area contributed by atoms with Crippen molar-refractivity contribution in [2.75, 3.05) is 47.9 Å². The number of aliphatic hydroxyl groups is 1. The van der Waals surface area contributed by atoms with Gasteiger partial charge in [-0.3, -0.25) is 0 Å². The number of nitrogens with one attached hydrogen (secondary N) is 1. The third-order valence-electron chi connectivity index (χ3n) is 7.23. The van der Waals surface area contributed by atoms with Gasteiger partial charge < -0.3 is 25.0 Å². The molecule has 2 N–H and O–H groups in total. The van der Waals surface area contributed by atoms with Crippen LogP contribution in [-0.4, -0.2) is 75.5 Å². The van der Waals surface area contributed by atoms with Crippen molar-refractivity contribution < 1.29 is 18.6 Å². The molecule has 2 saturated heterocycles. The summed E-state index contributed by atoms with van der Waals surface area (Å²) in [5.74, 6) is -0.723. The number of rotatable bonds is 7. The van der Waals surface area contributed by atoms with Crippen LogP contribution in [0.5, 0.6) is 0 Å². The highest BCUT2D eigenvalue weighted by atomic mass is 19.3. The molecule has 3 aromatic rings. The van der Waals surface area contributed by atoms with Gasteiger partial charge >= 0.3 is 0 Å². The molecule has 0 saturated carbocycles. The van der Waals surface area contributed by atoms with Crippen LogP contribution in [0.2, 0.25) is 0 Å². The molecule has 37 heavy (non-hydrogen) atoms. The summed E-state index contributed by atoms with van der Waals surface area (Å²) in [7, 11) is 0. The predicted molar refractivity (Wildman–Crippen MR) is 139 cm³/mol. The second kappa shape index (κ2) is 9.60. The average Bonchev–Trinajstić information content (AvgIpc) is 2.83. The number of alkyl halides is 2. The minimum Gasteiger partial charge on any atom is -0.389 e. The number of halogens is 2. The molecular formula is C26H33F2N7O2. The fourth-order valence-corrected chi connectivity index (χ4v) is 4.94. The largest absolute Gasteiger partial charge is 0.389 e. The number of aromatic nitrogens is 4. The molecule has 2 fully saturated rings. The van der Waals surface area contributed by atoms with E-state index in [9.17, 15) is 13.9 Å². The number of anilines is 4. The van der Waals surface area contributed by atoms with Crippen LogP contribution < -0.4 is 15.1 Å². The Morgan fingerprint density at radius 2 is 1.92 bits per heavy atom. The van der Waals surface area contributed by atoms with E-state index in [2.05, 4.69) is 39.1 Å². The number of aliphatic hydroxyl groups excluding tert-OH is 1. The Balaban J connectivity index is 1.40. The third-order valence-corrected chi connectivity index (χ3v) is 7.23. The first-order valence-electron chi connectivity index (χ1n) is 12.7. The Labute approximate surface area is 214 Å². The van der Waals surface area contributed by atoms with Crippen molar-refractivity contribution >= 4 is 34.2 Å². The molecule has 0 bridgehead atoms. The minimum absolute atomic E-state index is 0.170. The summed E-state index contributed by atoms with van der Waals surface area (Å²) >= 11 is 0. The van der Waals surface area contributed by atoms with Crippen molar-refractivity contribution in [3.8, 4) is 0 Å². The molecule has 0 radical (unpaired) electrons. The number of nitrogens with zero attached hydrogens (tertiary/aromatic N) is 6. The minimum atomic E-state index is -3.04. The van der Waals surface area contributed by atoms with Gasteiger partial charge in [-0.15, -0.1) is 0 Å². The lowest BCUT2D eigenvalue weighted by molar-refractivity contribution is -0.204. The molecule has 0 aromatic carbocycles. The van der Waals surface area contributed by atoms with Gasteiger partial charge in [-0.25, -0.2) is 23.7 Å². The summed E-state index contributed by atoms with van der Waals surface area (Å²) in [6, 6.07) is 3.64. The zero-order valence-corrected chi connectivity index (χ0v) is 21.6. The zero-order valence-electron chi connectivity index (χ0n) is 21.6. The number of hydrogen-bond acceptors (Lipinski definition) is 9. The lowest BCUT2D eigenvalue weighted by atomic mass is 9.89. The number of piperidine rings is 1. The van der Waals surface area contributed by atoms with Crippen molar-refractivity contribution in [3.63, 3.8) is 0 Å². The van der Waals surface area contributed by atoms with Crippen molar-refractivity contribution in [1.29, 1.82) is 0 Å². The Morgan fingerprint density at radius 3 is 2.59 bits per heavy atom. The van der Waals surface area contributed by atoms with Gasteiger partial charge in [0, 0.05) is 50.2 Å². The van der Waals surface area contributed by atoms with Crippen molar-refractivity contribution in [2.45, 2.75) is 57.7 Å². The predicted octanol–water partition coefficient (Wildman–Crippen LogP) is 4.11. The van der Waals surface area contributed by atoms with Gasteiger partial charge in [-0.05, 0) is 49.3 Å². The third kappa shape index (κ3) is 4.77. The summed E-state index contributed by atoms with van der Waals surface area (Å²) < 4.78 is 35.3. The summed E-state index contributed by atoms with van der Waals surface area (Å²) in [5, 5.41) is 14.9. The van der Waals surface area contributed by atoms with Gasteiger partial charge in [0.25, 0.3) is 5.92 Å². The second-order valence-electron chi connectivity index (χ2n) is 10.3. The maximum absolute atomic E-state index is 14.9. The van der Waals surface area contributed by atoms with Gasteiger partial charge in [0.2, 0.25) is 5.95 Å². The second-order valence-corrected chi connectivity index (χ2v) is 10.3. The Morgan fingerprint density at radius 1 is 1.14 bits per heavy atom. The zero-order chi connectivity index (χ0) is 26.4. The van der Waals surface area contributed by atoms with Gasteiger partial charge in [0.15, 0.2) is 0 Å². The van der Waals surface area contributed by atoms with E-state index in [1.165, 1.54) is 11.8 Å². The number of β-amino-alcohol motifs (C(OH)–C–C–N with tert-alkyl or cyclic N) is 1. The van der Waals surface area contributed by atoms with Crippen LogP contribution in [0, 0.1) is 0 Å². The molecule has 5 heterocycles.